The van der Waals surface area contributed by atoms with Crippen molar-refractivity contribution in [3.05, 3.63) is 11.6 Å². The van der Waals surface area contributed by atoms with E-state index in [0.717, 1.165) is 87.2 Å². The summed E-state index contributed by atoms with van der Waals surface area (Å²) in [5, 5.41) is 6.39. The third-order valence-electron chi connectivity index (χ3n) is 12.1. The van der Waals surface area contributed by atoms with Crippen LogP contribution in [0.25, 0.3) is 0 Å². The Balaban J connectivity index is 1.26. The van der Waals surface area contributed by atoms with Gasteiger partial charge < -0.3 is 21.1 Å². The zero-order valence-corrected chi connectivity index (χ0v) is 26.7. The second-order valence-corrected chi connectivity index (χ2v) is 15.1. The maximum Gasteiger partial charge on any atom is 0.407 e. The predicted octanol–water partition coefficient (Wildman–Crippen LogP) is 7.84. The number of amides is 1. The summed E-state index contributed by atoms with van der Waals surface area (Å²) in [5.74, 6) is 5.18. The van der Waals surface area contributed by atoms with E-state index >= 15 is 0 Å². The fourth-order valence-electron chi connectivity index (χ4n) is 9.87. The highest BCUT2D eigenvalue weighted by Crippen LogP contribution is 2.67. The summed E-state index contributed by atoms with van der Waals surface area (Å²) in [6.45, 7) is 15.9. The van der Waals surface area contributed by atoms with Crippen molar-refractivity contribution in [3.63, 3.8) is 0 Å². The second-order valence-electron chi connectivity index (χ2n) is 15.1. The molecule has 8 unspecified atom stereocenters. The average molecular weight is 558 g/mol. The van der Waals surface area contributed by atoms with E-state index in [2.05, 4.69) is 51.3 Å². The van der Waals surface area contributed by atoms with Gasteiger partial charge in [-0.1, -0.05) is 65.5 Å². The first-order valence-corrected chi connectivity index (χ1v) is 17.2. The van der Waals surface area contributed by atoms with Gasteiger partial charge in [0.05, 0.1) is 0 Å². The topological polar surface area (TPSA) is 76.4 Å². The van der Waals surface area contributed by atoms with Gasteiger partial charge in [-0.05, 0) is 130 Å². The molecule has 0 bridgehead atoms. The number of hydrogen-bond acceptors (Lipinski definition) is 4. The summed E-state index contributed by atoms with van der Waals surface area (Å²) in [4.78, 5) is 12.5. The SMILES string of the molecule is CC(C)CCCC(C)C1CCC2C3CC=C4CC(OC(=O)NCCCNCCCCN)CCC4(C)C3CCC12C. The Morgan fingerprint density at radius 3 is 2.55 bits per heavy atom. The van der Waals surface area contributed by atoms with Crippen molar-refractivity contribution in [2.24, 2.45) is 52.1 Å². The van der Waals surface area contributed by atoms with Gasteiger partial charge in [-0.15, -0.1) is 0 Å². The molecular weight excluding hydrogens is 494 g/mol. The van der Waals surface area contributed by atoms with Gasteiger partial charge in [-0.2, -0.15) is 0 Å². The van der Waals surface area contributed by atoms with Gasteiger partial charge in [-0.25, -0.2) is 4.79 Å². The second kappa shape index (κ2) is 14.4. The molecule has 0 heterocycles. The van der Waals surface area contributed by atoms with Gasteiger partial charge in [-0.3, -0.25) is 0 Å². The zero-order valence-electron chi connectivity index (χ0n) is 26.7. The number of carbonyl (C=O) groups is 1. The van der Waals surface area contributed by atoms with Crippen LogP contribution in [0.3, 0.4) is 0 Å². The lowest BCUT2D eigenvalue weighted by atomic mass is 9.47. The molecule has 4 rings (SSSR count). The first-order valence-electron chi connectivity index (χ1n) is 17.2. The highest BCUT2D eigenvalue weighted by Gasteiger charge is 2.59. The highest BCUT2D eigenvalue weighted by atomic mass is 16.6. The number of fused-ring (bicyclic) bond motifs is 5. The molecule has 1 amide bonds. The van der Waals surface area contributed by atoms with Crippen molar-refractivity contribution < 1.29 is 9.53 Å². The summed E-state index contributed by atoms with van der Waals surface area (Å²) in [5.41, 5.74) is 7.98. The molecule has 40 heavy (non-hydrogen) atoms. The van der Waals surface area contributed by atoms with Crippen molar-refractivity contribution in [1.29, 1.82) is 0 Å². The van der Waals surface area contributed by atoms with E-state index < -0.39 is 0 Å². The Labute approximate surface area is 246 Å². The Hall–Kier alpha value is -1.07. The van der Waals surface area contributed by atoms with E-state index in [1.54, 1.807) is 5.57 Å². The minimum Gasteiger partial charge on any atom is -0.446 e. The fourth-order valence-corrected chi connectivity index (χ4v) is 9.87. The van der Waals surface area contributed by atoms with E-state index in [0.29, 0.717) is 17.4 Å². The van der Waals surface area contributed by atoms with Gasteiger partial charge in [0, 0.05) is 13.0 Å². The molecule has 0 spiro atoms. The van der Waals surface area contributed by atoms with Crippen LogP contribution in [0.15, 0.2) is 11.6 Å². The van der Waals surface area contributed by atoms with Crippen molar-refractivity contribution in [3.8, 4) is 0 Å². The third-order valence-corrected chi connectivity index (χ3v) is 12.1. The maximum absolute atomic E-state index is 12.5. The van der Waals surface area contributed by atoms with Crippen molar-refractivity contribution in [2.45, 2.75) is 131 Å². The van der Waals surface area contributed by atoms with E-state index in [1.807, 2.05) is 0 Å². The fraction of sp³-hybridized carbons (Fsp3) is 0.914. The molecule has 8 atom stereocenters. The molecule has 0 aromatic carbocycles. The number of unbranched alkanes of at least 4 members (excludes halogenated alkanes) is 1. The lowest BCUT2D eigenvalue weighted by Gasteiger charge is -2.58. The van der Waals surface area contributed by atoms with Gasteiger partial charge in [0.25, 0.3) is 0 Å². The largest absolute Gasteiger partial charge is 0.446 e. The summed E-state index contributed by atoms with van der Waals surface area (Å²) >= 11 is 0. The van der Waals surface area contributed by atoms with Crippen molar-refractivity contribution in [1.82, 2.24) is 10.6 Å². The lowest BCUT2D eigenvalue weighted by Crippen LogP contribution is -2.51. The van der Waals surface area contributed by atoms with E-state index in [1.165, 1.54) is 57.8 Å². The highest BCUT2D eigenvalue weighted by molar-refractivity contribution is 5.67. The Bertz CT molecular complexity index is 842. The van der Waals surface area contributed by atoms with Crippen LogP contribution < -0.4 is 16.4 Å². The Morgan fingerprint density at radius 2 is 1.77 bits per heavy atom. The molecule has 0 saturated heterocycles. The quantitative estimate of drug-likeness (QED) is 0.150. The van der Waals surface area contributed by atoms with E-state index in [9.17, 15) is 4.79 Å². The van der Waals surface area contributed by atoms with Crippen LogP contribution in [-0.4, -0.2) is 38.4 Å². The van der Waals surface area contributed by atoms with Crippen LogP contribution in [0, 0.1) is 46.3 Å². The van der Waals surface area contributed by atoms with Gasteiger partial charge in [0.2, 0.25) is 0 Å². The van der Waals surface area contributed by atoms with Gasteiger partial charge in [0.1, 0.15) is 6.10 Å². The molecule has 3 fully saturated rings. The normalized spacial score (nSPS) is 35.9. The number of alkyl carbamates (subject to hydrolysis) is 1. The number of hydrogen-bond donors (Lipinski definition) is 3. The molecule has 4 aliphatic rings. The number of rotatable bonds is 14. The van der Waals surface area contributed by atoms with E-state index in [4.69, 9.17) is 10.5 Å². The van der Waals surface area contributed by atoms with Crippen molar-refractivity contribution in [2.75, 3.05) is 26.2 Å². The Morgan fingerprint density at radius 1 is 0.975 bits per heavy atom. The zero-order chi connectivity index (χ0) is 28.8. The van der Waals surface area contributed by atoms with E-state index in [-0.39, 0.29) is 12.2 Å². The predicted molar refractivity (Wildman–Crippen MR) is 167 cm³/mol. The number of allylic oxidation sites excluding steroid dienone is 1. The molecule has 5 heteroatoms. The molecule has 4 aliphatic carbocycles. The minimum absolute atomic E-state index is 0.0293. The van der Waals surface area contributed by atoms with Gasteiger partial charge in [0.15, 0.2) is 0 Å². The maximum atomic E-state index is 12.5. The molecule has 230 valence electrons. The summed E-state index contributed by atoms with van der Waals surface area (Å²) in [6, 6.07) is 0. The first kappa shape index (κ1) is 31.9. The van der Waals surface area contributed by atoms with Crippen LogP contribution >= 0.6 is 0 Å². The average Bonchev–Trinajstić information content (AvgIpc) is 3.27. The molecule has 0 aliphatic heterocycles. The molecule has 0 radical (unpaired) electrons. The smallest absolute Gasteiger partial charge is 0.407 e. The van der Waals surface area contributed by atoms with Crippen LogP contribution in [0.5, 0.6) is 0 Å². The minimum atomic E-state index is -0.237. The number of nitrogens with one attached hydrogen (secondary N) is 2. The summed E-state index contributed by atoms with van der Waals surface area (Å²) < 4.78 is 5.93. The number of carbonyl (C=O) groups excluding carboxylic acids is 1. The molecule has 4 N–H and O–H groups in total. The monoisotopic (exact) mass is 557 g/mol. The summed E-state index contributed by atoms with van der Waals surface area (Å²) in [7, 11) is 0. The van der Waals surface area contributed by atoms with Crippen molar-refractivity contribution >= 4 is 6.09 Å². The lowest BCUT2D eigenvalue weighted by molar-refractivity contribution is -0.0581. The van der Waals surface area contributed by atoms with Gasteiger partial charge >= 0.3 is 6.09 Å². The standard InChI is InChI=1S/C35H63N3O2/c1-25(2)10-8-11-26(3)30-14-15-31-29-13-12-27-24-28(16-18-34(27,4)32(29)17-19-35(30,31)5)40-33(39)38-23-9-22-37-21-7-6-20-36/h12,25-26,28-32,37H,6-11,13-24,36H2,1-5H3,(H,38,39). The third kappa shape index (κ3) is 7.28. The van der Waals surface area contributed by atoms with Crippen LogP contribution in [-0.2, 0) is 4.74 Å². The molecule has 3 saturated carbocycles. The van der Waals surface area contributed by atoms with Crippen LogP contribution in [0.4, 0.5) is 4.79 Å². The Kier molecular flexibility index (Phi) is 11.5. The summed E-state index contributed by atoms with van der Waals surface area (Å²) in [6.07, 6.45) is 19.8. The van der Waals surface area contributed by atoms with Crippen LogP contribution in [0.2, 0.25) is 0 Å². The molecular formula is C35H63N3O2. The number of nitrogens with two attached hydrogens (primary N) is 1. The first-order chi connectivity index (χ1) is 19.2. The molecule has 5 nitrogen and oxygen atoms in total. The number of ether oxygens (including phenoxy) is 1. The molecule has 0 aromatic rings. The van der Waals surface area contributed by atoms with Crippen LogP contribution in [0.1, 0.15) is 125 Å². The molecule has 0 aromatic heterocycles.